The van der Waals surface area contributed by atoms with Crippen LogP contribution in [0.3, 0.4) is 0 Å². The van der Waals surface area contributed by atoms with Gasteiger partial charge in [-0.05, 0) is 53.9 Å². The summed E-state index contributed by atoms with van der Waals surface area (Å²) in [6.07, 6.45) is 0.694. The topological polar surface area (TPSA) is 77.0 Å². The Kier molecular flexibility index (Phi) is 5.40. The molecule has 0 radical (unpaired) electrons. The van der Waals surface area contributed by atoms with Gasteiger partial charge in [-0.2, -0.15) is 0 Å². The highest BCUT2D eigenvalue weighted by Crippen LogP contribution is 2.35. The molecule has 0 atom stereocenters. The highest BCUT2D eigenvalue weighted by atomic mass is 16.7. The zero-order valence-electron chi connectivity index (χ0n) is 14.1. The van der Waals surface area contributed by atoms with Gasteiger partial charge in [0.05, 0.1) is 13.5 Å². The fourth-order valence-corrected chi connectivity index (χ4v) is 2.79. The maximum Gasteiger partial charge on any atom is 0.307 e. The number of hydrogen-bond donors (Lipinski definition) is 2. The smallest absolute Gasteiger partial charge is 0.307 e. The van der Waals surface area contributed by atoms with Gasteiger partial charge in [0.15, 0.2) is 11.5 Å². The van der Waals surface area contributed by atoms with Crippen molar-refractivity contribution >= 4 is 5.97 Å². The number of nitrogens with one attached hydrogen (secondary N) is 1. The Labute approximate surface area is 146 Å². The van der Waals surface area contributed by atoms with Gasteiger partial charge >= 0.3 is 5.97 Å². The van der Waals surface area contributed by atoms with Gasteiger partial charge in [0.1, 0.15) is 5.75 Å². The van der Waals surface area contributed by atoms with Crippen LogP contribution in [0.15, 0.2) is 36.4 Å². The number of carboxylic acids is 1. The first kappa shape index (κ1) is 17.1. The summed E-state index contributed by atoms with van der Waals surface area (Å²) < 4.78 is 15.9. The van der Waals surface area contributed by atoms with E-state index in [2.05, 4.69) is 5.32 Å². The van der Waals surface area contributed by atoms with Crippen molar-refractivity contribution in [1.29, 1.82) is 0 Å². The third-order valence-corrected chi connectivity index (χ3v) is 4.10. The van der Waals surface area contributed by atoms with E-state index in [0.717, 1.165) is 42.0 Å². The van der Waals surface area contributed by atoms with E-state index in [1.807, 2.05) is 30.3 Å². The lowest BCUT2D eigenvalue weighted by Crippen LogP contribution is -2.17. The molecule has 1 aliphatic rings. The normalized spacial score (nSPS) is 12.2. The van der Waals surface area contributed by atoms with Gasteiger partial charge in [-0.15, -0.1) is 0 Å². The first-order chi connectivity index (χ1) is 12.2. The summed E-state index contributed by atoms with van der Waals surface area (Å²) in [6.45, 7) is 1.65. The summed E-state index contributed by atoms with van der Waals surface area (Å²) in [5.74, 6) is 1.28. The third kappa shape index (κ3) is 4.42. The number of rotatable bonds is 8. The molecule has 0 saturated carbocycles. The van der Waals surface area contributed by atoms with Crippen molar-refractivity contribution in [2.75, 3.05) is 20.4 Å². The molecule has 0 saturated heterocycles. The van der Waals surface area contributed by atoms with Gasteiger partial charge in [-0.25, -0.2) is 0 Å². The molecule has 0 amide bonds. The van der Waals surface area contributed by atoms with Crippen LogP contribution in [0.2, 0.25) is 0 Å². The molecule has 0 unspecified atom stereocenters. The maximum absolute atomic E-state index is 11.1. The Morgan fingerprint density at radius 1 is 1.16 bits per heavy atom. The SMILES string of the molecule is COc1ccc(CNCCc2cc3c(cc2CC(=O)O)OCO3)cc1. The molecule has 25 heavy (non-hydrogen) atoms. The maximum atomic E-state index is 11.1. The van der Waals surface area contributed by atoms with E-state index in [1.54, 1.807) is 13.2 Å². The van der Waals surface area contributed by atoms with E-state index >= 15 is 0 Å². The molecule has 1 heterocycles. The summed E-state index contributed by atoms with van der Waals surface area (Å²) in [6, 6.07) is 11.6. The molecule has 0 spiro atoms. The van der Waals surface area contributed by atoms with E-state index in [0.29, 0.717) is 11.5 Å². The fourth-order valence-electron chi connectivity index (χ4n) is 2.79. The Bertz CT molecular complexity index is 742. The summed E-state index contributed by atoms with van der Waals surface area (Å²) in [5, 5.41) is 12.5. The minimum Gasteiger partial charge on any atom is -0.497 e. The molecule has 0 bridgehead atoms. The number of carboxylic acid groups (broad SMARTS) is 1. The number of carbonyl (C=O) groups is 1. The van der Waals surface area contributed by atoms with E-state index < -0.39 is 5.97 Å². The highest BCUT2D eigenvalue weighted by molar-refractivity contribution is 5.71. The third-order valence-electron chi connectivity index (χ3n) is 4.10. The average molecular weight is 343 g/mol. The predicted octanol–water partition coefficient (Wildman–Crippen LogP) is 2.38. The summed E-state index contributed by atoms with van der Waals surface area (Å²) in [7, 11) is 1.65. The summed E-state index contributed by atoms with van der Waals surface area (Å²) in [4.78, 5) is 11.1. The number of hydrogen-bond acceptors (Lipinski definition) is 5. The predicted molar refractivity (Wildman–Crippen MR) is 92.3 cm³/mol. The minimum absolute atomic E-state index is 0.0234. The largest absolute Gasteiger partial charge is 0.497 e. The molecule has 2 N–H and O–H groups in total. The Balaban J connectivity index is 1.59. The first-order valence-electron chi connectivity index (χ1n) is 8.12. The van der Waals surface area contributed by atoms with Crippen LogP contribution in [0.25, 0.3) is 0 Å². The molecule has 3 rings (SSSR count). The summed E-state index contributed by atoms with van der Waals surface area (Å²) >= 11 is 0. The fraction of sp³-hybridized carbons (Fsp3) is 0.316. The molecule has 6 heteroatoms. The molecule has 6 nitrogen and oxygen atoms in total. The number of methoxy groups -OCH3 is 1. The van der Waals surface area contributed by atoms with Crippen molar-refractivity contribution in [3.63, 3.8) is 0 Å². The molecule has 0 aromatic heterocycles. The zero-order chi connectivity index (χ0) is 17.6. The zero-order valence-corrected chi connectivity index (χ0v) is 14.1. The molecule has 1 aliphatic heterocycles. The Hall–Kier alpha value is -2.73. The van der Waals surface area contributed by atoms with E-state index in [-0.39, 0.29) is 13.2 Å². The highest BCUT2D eigenvalue weighted by Gasteiger charge is 2.18. The second-order valence-corrected chi connectivity index (χ2v) is 5.82. The Morgan fingerprint density at radius 2 is 1.84 bits per heavy atom. The standard InChI is InChI=1S/C19H21NO5/c1-23-16-4-2-13(3-5-16)11-20-7-6-14-8-17-18(25-12-24-17)9-15(14)10-19(21)22/h2-5,8-9,20H,6-7,10-12H2,1H3,(H,21,22). The summed E-state index contributed by atoms with van der Waals surface area (Å²) in [5.41, 5.74) is 2.90. The van der Waals surface area contributed by atoms with Gasteiger partial charge < -0.3 is 24.6 Å². The molecule has 0 fully saturated rings. The lowest BCUT2D eigenvalue weighted by Gasteiger charge is -2.11. The average Bonchev–Trinajstić information content (AvgIpc) is 3.06. The van der Waals surface area contributed by atoms with Crippen LogP contribution in [-0.4, -0.2) is 31.5 Å². The van der Waals surface area contributed by atoms with Gasteiger partial charge in [-0.3, -0.25) is 4.79 Å². The Morgan fingerprint density at radius 3 is 2.48 bits per heavy atom. The van der Waals surface area contributed by atoms with Crippen LogP contribution >= 0.6 is 0 Å². The lowest BCUT2D eigenvalue weighted by molar-refractivity contribution is -0.136. The first-order valence-corrected chi connectivity index (χ1v) is 8.12. The van der Waals surface area contributed by atoms with Crippen LogP contribution in [0.1, 0.15) is 16.7 Å². The molecule has 132 valence electrons. The molecular weight excluding hydrogens is 322 g/mol. The second kappa shape index (κ2) is 7.90. The number of aliphatic carboxylic acids is 1. The molecule has 0 aliphatic carbocycles. The van der Waals surface area contributed by atoms with E-state index in [4.69, 9.17) is 19.3 Å². The van der Waals surface area contributed by atoms with Crippen molar-refractivity contribution in [3.05, 3.63) is 53.1 Å². The molecular formula is C19H21NO5. The van der Waals surface area contributed by atoms with Crippen molar-refractivity contribution in [2.45, 2.75) is 19.4 Å². The van der Waals surface area contributed by atoms with Gasteiger partial charge in [0.2, 0.25) is 6.79 Å². The van der Waals surface area contributed by atoms with Gasteiger partial charge in [-0.1, -0.05) is 12.1 Å². The lowest BCUT2D eigenvalue weighted by atomic mass is 10.0. The molecule has 2 aromatic carbocycles. The number of benzene rings is 2. The van der Waals surface area contributed by atoms with Crippen LogP contribution in [-0.2, 0) is 24.2 Å². The van der Waals surface area contributed by atoms with Crippen LogP contribution in [0.5, 0.6) is 17.2 Å². The van der Waals surface area contributed by atoms with Crippen LogP contribution in [0.4, 0.5) is 0 Å². The van der Waals surface area contributed by atoms with E-state index in [1.165, 1.54) is 0 Å². The molecule has 2 aromatic rings. The van der Waals surface area contributed by atoms with Crippen molar-refractivity contribution in [2.24, 2.45) is 0 Å². The van der Waals surface area contributed by atoms with Crippen molar-refractivity contribution < 1.29 is 24.1 Å². The van der Waals surface area contributed by atoms with Gasteiger partial charge in [0, 0.05) is 6.54 Å². The quantitative estimate of drug-likeness (QED) is 0.717. The monoisotopic (exact) mass is 343 g/mol. The number of ether oxygens (including phenoxy) is 3. The second-order valence-electron chi connectivity index (χ2n) is 5.82. The number of fused-ring (bicyclic) bond motifs is 1. The van der Waals surface area contributed by atoms with Crippen molar-refractivity contribution in [1.82, 2.24) is 5.32 Å². The van der Waals surface area contributed by atoms with Crippen molar-refractivity contribution in [3.8, 4) is 17.2 Å². The van der Waals surface area contributed by atoms with Gasteiger partial charge in [0.25, 0.3) is 0 Å². The minimum atomic E-state index is -0.855. The van der Waals surface area contributed by atoms with Crippen LogP contribution in [0, 0.1) is 0 Å². The van der Waals surface area contributed by atoms with Crippen LogP contribution < -0.4 is 19.5 Å². The van der Waals surface area contributed by atoms with E-state index in [9.17, 15) is 4.79 Å².